The molecule has 0 aromatic heterocycles. The van der Waals surface area contributed by atoms with Gasteiger partial charge in [-0.15, -0.1) is 11.6 Å². The summed E-state index contributed by atoms with van der Waals surface area (Å²) in [6.45, 7) is 6.99. The van der Waals surface area contributed by atoms with Crippen LogP contribution >= 0.6 is 11.6 Å². The second-order valence-corrected chi connectivity index (χ2v) is 4.74. The number of ether oxygens (including phenoxy) is 1. The highest BCUT2D eigenvalue weighted by molar-refractivity contribution is 6.32. The van der Waals surface area contributed by atoms with E-state index in [9.17, 15) is 4.79 Å². The number of carbonyl (C=O) groups excluding carboxylic acids is 1. The summed E-state index contributed by atoms with van der Waals surface area (Å²) in [5.74, 6) is -0.172. The number of aryl methyl sites for hydroxylation is 2. The Hall–Kier alpha value is -1.06. The van der Waals surface area contributed by atoms with Gasteiger partial charge in [0.1, 0.15) is 5.38 Å². The van der Waals surface area contributed by atoms with Gasteiger partial charge in [-0.25, -0.2) is 0 Å². The first-order valence-electron chi connectivity index (χ1n) is 6.15. The van der Waals surface area contributed by atoms with E-state index >= 15 is 0 Å². The van der Waals surface area contributed by atoms with Crippen molar-refractivity contribution in [3.8, 4) is 0 Å². The Kier molecular flexibility index (Phi) is 6.16. The highest BCUT2D eigenvalue weighted by Crippen LogP contribution is 2.20. The Morgan fingerprint density at radius 2 is 2.00 bits per heavy atom. The van der Waals surface area contributed by atoms with Crippen LogP contribution in [0.15, 0.2) is 18.2 Å². The summed E-state index contributed by atoms with van der Waals surface area (Å²) in [7, 11) is 0. The molecule has 0 saturated carbocycles. The van der Waals surface area contributed by atoms with Gasteiger partial charge in [-0.05, 0) is 38.3 Å². The quantitative estimate of drug-likeness (QED) is 0.636. The highest BCUT2D eigenvalue weighted by Gasteiger charge is 2.16. The van der Waals surface area contributed by atoms with Crippen molar-refractivity contribution < 1.29 is 9.53 Å². The van der Waals surface area contributed by atoms with Gasteiger partial charge in [0.05, 0.1) is 0 Å². The number of benzene rings is 1. The van der Waals surface area contributed by atoms with Gasteiger partial charge in [0, 0.05) is 18.9 Å². The second kappa shape index (κ2) is 7.39. The average molecular weight is 270 g/mol. The Bertz CT molecular complexity index is 387. The summed E-state index contributed by atoms with van der Waals surface area (Å²) in [5.41, 5.74) is 2.93. The lowest BCUT2D eigenvalue weighted by Crippen LogP contribution is -2.25. The molecule has 1 aromatic carbocycles. The molecule has 1 N–H and O–H groups in total. The molecular weight excluding hydrogens is 250 g/mol. The van der Waals surface area contributed by atoms with Crippen LogP contribution in [0.25, 0.3) is 0 Å². The molecule has 0 aliphatic carbocycles. The second-order valence-electron chi connectivity index (χ2n) is 4.21. The zero-order valence-electron chi connectivity index (χ0n) is 11.1. The lowest BCUT2D eigenvalue weighted by molar-refractivity contribution is -0.116. The van der Waals surface area contributed by atoms with Crippen molar-refractivity contribution in [1.29, 1.82) is 0 Å². The van der Waals surface area contributed by atoms with E-state index in [1.807, 2.05) is 39.0 Å². The van der Waals surface area contributed by atoms with Crippen molar-refractivity contribution in [2.45, 2.75) is 32.6 Å². The van der Waals surface area contributed by atoms with Crippen LogP contribution in [0.2, 0.25) is 0 Å². The van der Waals surface area contributed by atoms with E-state index in [0.717, 1.165) is 16.8 Å². The van der Waals surface area contributed by atoms with Gasteiger partial charge in [-0.2, -0.15) is 0 Å². The molecular formula is C14H20ClNO2. The third-order valence-electron chi connectivity index (χ3n) is 2.73. The highest BCUT2D eigenvalue weighted by atomic mass is 35.5. The average Bonchev–Trinajstić information content (AvgIpc) is 2.34. The van der Waals surface area contributed by atoms with Crippen LogP contribution < -0.4 is 5.32 Å². The maximum atomic E-state index is 11.9. The van der Waals surface area contributed by atoms with Crippen LogP contribution in [0.4, 0.5) is 5.69 Å². The van der Waals surface area contributed by atoms with E-state index in [1.54, 1.807) is 0 Å². The number of hydrogen-bond donors (Lipinski definition) is 1. The SMILES string of the molecule is CCOCCC(Cl)C(=O)Nc1c(C)cccc1C. The number of rotatable bonds is 6. The van der Waals surface area contributed by atoms with Crippen LogP contribution in [0, 0.1) is 13.8 Å². The summed E-state index contributed by atoms with van der Waals surface area (Å²) >= 11 is 6.03. The molecule has 1 atom stereocenters. The fraction of sp³-hybridized carbons (Fsp3) is 0.500. The normalized spacial score (nSPS) is 12.2. The number of anilines is 1. The summed E-state index contributed by atoms with van der Waals surface area (Å²) in [6.07, 6.45) is 0.520. The smallest absolute Gasteiger partial charge is 0.242 e. The number of amides is 1. The first-order chi connectivity index (χ1) is 8.56. The van der Waals surface area contributed by atoms with Crippen molar-refractivity contribution in [3.63, 3.8) is 0 Å². The van der Waals surface area contributed by atoms with Crippen LogP contribution in [0.1, 0.15) is 24.5 Å². The van der Waals surface area contributed by atoms with Crippen molar-refractivity contribution in [1.82, 2.24) is 0 Å². The van der Waals surface area contributed by atoms with E-state index in [0.29, 0.717) is 19.6 Å². The number of hydrogen-bond acceptors (Lipinski definition) is 2. The Labute approximate surface area is 113 Å². The molecule has 0 radical (unpaired) electrons. The summed E-state index contributed by atoms with van der Waals surface area (Å²) in [5, 5.41) is 2.32. The molecule has 0 spiro atoms. The molecule has 0 fully saturated rings. The maximum absolute atomic E-state index is 11.9. The lowest BCUT2D eigenvalue weighted by Gasteiger charge is -2.14. The van der Waals surface area contributed by atoms with Gasteiger partial charge >= 0.3 is 0 Å². The van der Waals surface area contributed by atoms with Crippen molar-refractivity contribution in [3.05, 3.63) is 29.3 Å². The maximum Gasteiger partial charge on any atom is 0.242 e. The first-order valence-corrected chi connectivity index (χ1v) is 6.58. The predicted molar refractivity (Wildman–Crippen MR) is 75.3 cm³/mol. The minimum atomic E-state index is -0.560. The lowest BCUT2D eigenvalue weighted by atomic mass is 10.1. The van der Waals surface area contributed by atoms with Crippen LogP contribution in [-0.2, 0) is 9.53 Å². The third-order valence-corrected chi connectivity index (χ3v) is 3.15. The summed E-state index contributed by atoms with van der Waals surface area (Å²) in [6, 6.07) is 5.89. The molecule has 0 heterocycles. The largest absolute Gasteiger partial charge is 0.382 e. The van der Waals surface area contributed by atoms with Gasteiger partial charge < -0.3 is 10.1 Å². The van der Waals surface area contributed by atoms with E-state index in [-0.39, 0.29) is 5.91 Å². The monoisotopic (exact) mass is 269 g/mol. The number of alkyl halides is 1. The van der Waals surface area contributed by atoms with Gasteiger partial charge in [-0.3, -0.25) is 4.79 Å². The van der Waals surface area contributed by atoms with Gasteiger partial charge in [-0.1, -0.05) is 18.2 Å². The molecule has 18 heavy (non-hydrogen) atoms. The molecule has 1 rings (SSSR count). The van der Waals surface area contributed by atoms with Crippen molar-refractivity contribution in [2.75, 3.05) is 18.5 Å². The molecule has 0 aliphatic rings. The molecule has 100 valence electrons. The molecule has 1 aromatic rings. The topological polar surface area (TPSA) is 38.3 Å². The summed E-state index contributed by atoms with van der Waals surface area (Å²) in [4.78, 5) is 11.9. The van der Waals surface area contributed by atoms with Crippen LogP contribution in [0.5, 0.6) is 0 Å². The fourth-order valence-electron chi connectivity index (χ4n) is 1.68. The third kappa shape index (κ3) is 4.31. The van der Waals surface area contributed by atoms with Crippen molar-refractivity contribution >= 4 is 23.2 Å². The molecule has 0 bridgehead atoms. The molecule has 1 unspecified atom stereocenters. The molecule has 0 saturated heterocycles. The van der Waals surface area contributed by atoms with Gasteiger partial charge in [0.2, 0.25) is 5.91 Å². The molecule has 3 nitrogen and oxygen atoms in total. The minimum absolute atomic E-state index is 0.172. The number of carbonyl (C=O) groups is 1. The Morgan fingerprint density at radius 1 is 1.39 bits per heavy atom. The van der Waals surface area contributed by atoms with E-state index in [2.05, 4.69) is 5.32 Å². The predicted octanol–water partition coefficient (Wildman–Crippen LogP) is 3.28. The van der Waals surface area contributed by atoms with E-state index in [1.165, 1.54) is 0 Å². The molecule has 1 amide bonds. The Morgan fingerprint density at radius 3 is 2.56 bits per heavy atom. The van der Waals surface area contributed by atoms with Crippen LogP contribution in [-0.4, -0.2) is 24.5 Å². The van der Waals surface area contributed by atoms with E-state index < -0.39 is 5.38 Å². The fourth-order valence-corrected chi connectivity index (χ4v) is 1.82. The summed E-state index contributed by atoms with van der Waals surface area (Å²) < 4.78 is 5.19. The van der Waals surface area contributed by atoms with Gasteiger partial charge in [0.25, 0.3) is 0 Å². The number of halogens is 1. The van der Waals surface area contributed by atoms with E-state index in [4.69, 9.17) is 16.3 Å². The van der Waals surface area contributed by atoms with Crippen molar-refractivity contribution in [2.24, 2.45) is 0 Å². The molecule has 0 aliphatic heterocycles. The zero-order valence-corrected chi connectivity index (χ0v) is 11.9. The molecule has 4 heteroatoms. The minimum Gasteiger partial charge on any atom is -0.382 e. The zero-order chi connectivity index (χ0) is 13.5. The van der Waals surface area contributed by atoms with Crippen LogP contribution in [0.3, 0.4) is 0 Å². The van der Waals surface area contributed by atoms with Gasteiger partial charge in [0.15, 0.2) is 0 Å². The Balaban J connectivity index is 2.58. The number of para-hydroxylation sites is 1. The first kappa shape index (κ1) is 15.0. The standard InChI is InChI=1S/C14H20ClNO2/c1-4-18-9-8-12(15)14(17)16-13-10(2)6-5-7-11(13)3/h5-7,12H,4,8-9H2,1-3H3,(H,16,17). The number of nitrogens with one attached hydrogen (secondary N) is 1.